The molecule has 10 heteroatoms. The maximum absolute atomic E-state index is 13.5. The molecule has 0 saturated heterocycles. The molecule has 0 spiro atoms. The molecular formula is C65H111N2O7P. The van der Waals surface area contributed by atoms with Crippen molar-refractivity contribution in [3.8, 4) is 0 Å². The van der Waals surface area contributed by atoms with Crippen LogP contribution >= 0.6 is 7.82 Å². The summed E-state index contributed by atoms with van der Waals surface area (Å²) in [5.41, 5.74) is 0. The molecule has 0 bridgehead atoms. The van der Waals surface area contributed by atoms with Crippen molar-refractivity contribution in [2.24, 2.45) is 0 Å². The summed E-state index contributed by atoms with van der Waals surface area (Å²) >= 11 is 0. The lowest BCUT2D eigenvalue weighted by Gasteiger charge is -2.30. The molecule has 75 heavy (non-hydrogen) atoms. The number of rotatable bonds is 52. The van der Waals surface area contributed by atoms with Crippen LogP contribution in [-0.2, 0) is 27.9 Å². The van der Waals surface area contributed by atoms with Crippen molar-refractivity contribution in [2.45, 2.75) is 238 Å². The van der Waals surface area contributed by atoms with Crippen molar-refractivity contribution in [1.29, 1.82) is 0 Å². The molecule has 1 N–H and O–H groups in total. The van der Waals surface area contributed by atoms with E-state index >= 15 is 0 Å². The highest BCUT2D eigenvalue weighted by Crippen LogP contribution is 2.38. The Balaban J connectivity index is 5.50. The lowest BCUT2D eigenvalue weighted by Crippen LogP contribution is -2.47. The number of hydrogen-bond acceptors (Lipinski definition) is 7. The molecule has 0 aromatic carbocycles. The highest BCUT2D eigenvalue weighted by atomic mass is 31.2. The van der Waals surface area contributed by atoms with Crippen LogP contribution in [-0.4, -0.2) is 69.4 Å². The van der Waals surface area contributed by atoms with Crippen molar-refractivity contribution < 1.29 is 37.3 Å². The summed E-state index contributed by atoms with van der Waals surface area (Å²) < 4.78 is 30.2. The highest BCUT2D eigenvalue weighted by Gasteiger charge is 2.27. The largest absolute Gasteiger partial charge is 0.756 e. The number of esters is 1. The fourth-order valence-electron chi connectivity index (χ4n) is 7.77. The van der Waals surface area contributed by atoms with E-state index in [1.807, 2.05) is 27.2 Å². The van der Waals surface area contributed by atoms with Crippen molar-refractivity contribution in [3.63, 3.8) is 0 Å². The quantitative estimate of drug-likeness (QED) is 0.0212. The monoisotopic (exact) mass is 1060 g/mol. The summed E-state index contributed by atoms with van der Waals surface area (Å²) in [5.74, 6) is -0.654. The molecule has 0 aliphatic heterocycles. The maximum Gasteiger partial charge on any atom is 0.306 e. The van der Waals surface area contributed by atoms with Crippen LogP contribution in [0.5, 0.6) is 0 Å². The first kappa shape index (κ1) is 71.4. The Morgan fingerprint density at radius 2 is 0.867 bits per heavy atom. The first-order valence-electron chi connectivity index (χ1n) is 29.8. The van der Waals surface area contributed by atoms with Gasteiger partial charge in [-0.05, 0) is 115 Å². The molecule has 0 aliphatic rings. The van der Waals surface area contributed by atoms with Crippen LogP contribution in [0.15, 0.2) is 122 Å². The predicted molar refractivity (Wildman–Crippen MR) is 320 cm³/mol. The third kappa shape index (κ3) is 55.0. The summed E-state index contributed by atoms with van der Waals surface area (Å²) in [6.07, 6.45) is 74.6. The van der Waals surface area contributed by atoms with Gasteiger partial charge in [0.2, 0.25) is 5.91 Å². The Kier molecular flexibility index (Phi) is 51.2. The molecule has 0 rings (SSSR count). The summed E-state index contributed by atoms with van der Waals surface area (Å²) in [7, 11) is 1.11. The Labute approximate surface area is 461 Å². The molecule has 0 aromatic rings. The van der Waals surface area contributed by atoms with Gasteiger partial charge in [-0.3, -0.25) is 14.2 Å². The standard InChI is InChI=1S/C65H111N2O7P/c1-7-10-13-16-19-22-25-28-30-32-33-35-36-39-42-45-48-51-54-57-64(68)66-62(61-73-75(70,71)72-60-59-67(4,5)6)63(56-53-50-47-44-41-38-27-24-21-18-15-12-9-3)74-65(69)58-55-52-49-46-43-40-37-34-31-29-26-23-20-17-14-11-8-2/h11,14,19-20,22-23,28-31,33,35,37,39-40,42,46,49,53,56,62-63H,7-10,12-13,15-18,21,24-27,32,34,36,38,41,43-45,47-48,50-52,54-55,57-61H2,1-6H3,(H-,66,68,70,71)/b14-11-,22-19-,23-20-,30-28-,31-29-,35-33-,40-37-,42-39-,49-46-,56-53+. The molecular weight excluding hydrogens is 952 g/mol. The number of allylic oxidation sites excluding steroid dienone is 19. The van der Waals surface area contributed by atoms with Gasteiger partial charge in [-0.1, -0.05) is 220 Å². The topological polar surface area (TPSA) is 114 Å². The first-order chi connectivity index (χ1) is 36.4. The fraction of sp³-hybridized carbons (Fsp3) is 0.662. The summed E-state index contributed by atoms with van der Waals surface area (Å²) in [6, 6.07) is -0.936. The molecule has 0 fully saturated rings. The van der Waals surface area contributed by atoms with E-state index in [0.717, 1.165) is 96.3 Å². The fourth-order valence-corrected chi connectivity index (χ4v) is 8.50. The minimum Gasteiger partial charge on any atom is -0.756 e. The molecule has 0 saturated carbocycles. The Morgan fingerprint density at radius 1 is 0.480 bits per heavy atom. The second kappa shape index (κ2) is 53.8. The minimum absolute atomic E-state index is 0.0441. The zero-order chi connectivity index (χ0) is 55.0. The number of carbonyl (C=O) groups is 2. The summed E-state index contributed by atoms with van der Waals surface area (Å²) in [6.45, 7) is 6.62. The van der Waals surface area contributed by atoms with Gasteiger partial charge in [0.1, 0.15) is 19.3 Å². The average molecular weight is 1060 g/mol. The van der Waals surface area contributed by atoms with Gasteiger partial charge in [-0.25, -0.2) is 0 Å². The number of ether oxygens (including phenoxy) is 1. The summed E-state index contributed by atoms with van der Waals surface area (Å²) in [5, 5.41) is 2.99. The Bertz CT molecular complexity index is 1700. The zero-order valence-corrected chi connectivity index (χ0v) is 49.6. The van der Waals surface area contributed by atoms with Crippen molar-refractivity contribution in [2.75, 3.05) is 40.9 Å². The van der Waals surface area contributed by atoms with E-state index in [1.54, 1.807) is 6.08 Å². The van der Waals surface area contributed by atoms with E-state index in [9.17, 15) is 19.0 Å². The van der Waals surface area contributed by atoms with Crippen LogP contribution in [0.1, 0.15) is 226 Å². The number of nitrogens with one attached hydrogen (secondary N) is 1. The van der Waals surface area contributed by atoms with Gasteiger partial charge in [0.15, 0.2) is 0 Å². The van der Waals surface area contributed by atoms with E-state index < -0.39 is 32.5 Å². The second-order valence-electron chi connectivity index (χ2n) is 20.8. The number of carbonyl (C=O) groups excluding carboxylic acids is 2. The van der Waals surface area contributed by atoms with Gasteiger partial charge in [-0.2, -0.15) is 0 Å². The third-order valence-electron chi connectivity index (χ3n) is 12.4. The minimum atomic E-state index is -4.73. The van der Waals surface area contributed by atoms with Crippen molar-refractivity contribution in [3.05, 3.63) is 122 Å². The van der Waals surface area contributed by atoms with Crippen molar-refractivity contribution in [1.82, 2.24) is 5.32 Å². The van der Waals surface area contributed by atoms with Crippen LogP contribution < -0.4 is 10.2 Å². The van der Waals surface area contributed by atoms with Crippen LogP contribution in [0, 0.1) is 0 Å². The number of quaternary nitrogens is 1. The molecule has 428 valence electrons. The Hall–Kier alpha value is -3.59. The number of phosphoric acid groups is 1. The number of nitrogens with zero attached hydrogens (tertiary/aromatic N) is 1. The average Bonchev–Trinajstić information content (AvgIpc) is 3.37. The predicted octanol–water partition coefficient (Wildman–Crippen LogP) is 17.7. The van der Waals surface area contributed by atoms with E-state index in [4.69, 9.17) is 13.8 Å². The van der Waals surface area contributed by atoms with Gasteiger partial charge in [0.05, 0.1) is 33.8 Å². The van der Waals surface area contributed by atoms with Crippen molar-refractivity contribution >= 4 is 19.7 Å². The van der Waals surface area contributed by atoms with Gasteiger partial charge < -0.3 is 28.5 Å². The van der Waals surface area contributed by atoms with E-state index in [1.165, 1.54) is 83.5 Å². The highest BCUT2D eigenvalue weighted by molar-refractivity contribution is 7.45. The number of unbranched alkanes of at least 4 members (excludes halogenated alkanes) is 18. The second-order valence-corrected chi connectivity index (χ2v) is 22.2. The maximum atomic E-state index is 13.5. The van der Waals surface area contributed by atoms with Crippen LogP contribution in [0.3, 0.4) is 0 Å². The molecule has 0 aliphatic carbocycles. The van der Waals surface area contributed by atoms with Gasteiger partial charge in [0, 0.05) is 12.8 Å². The zero-order valence-electron chi connectivity index (χ0n) is 48.7. The normalized spacial score (nSPS) is 14.6. The molecule has 3 unspecified atom stereocenters. The van der Waals surface area contributed by atoms with Crippen LogP contribution in [0.4, 0.5) is 0 Å². The lowest BCUT2D eigenvalue weighted by atomic mass is 10.0. The number of amides is 1. The number of hydrogen-bond donors (Lipinski definition) is 1. The molecule has 0 aromatic heterocycles. The third-order valence-corrected chi connectivity index (χ3v) is 13.3. The van der Waals surface area contributed by atoms with Crippen LogP contribution in [0.2, 0.25) is 0 Å². The van der Waals surface area contributed by atoms with E-state index in [-0.39, 0.29) is 25.4 Å². The van der Waals surface area contributed by atoms with Gasteiger partial charge >= 0.3 is 5.97 Å². The molecule has 3 atom stereocenters. The SMILES string of the molecule is CC/C=C\C/C=C\C/C=C\C/C=C\C/C=C\CCCC(=O)OC(/C=C/CCCCCCCCCCCCC)C(COP(=O)([O-])OCC[N+](C)(C)C)NC(=O)CCCCC/C=C\C/C=C\C/C=C\C/C=C\CCCCC. The first-order valence-corrected chi connectivity index (χ1v) is 31.3. The number of phosphoric ester groups is 1. The molecule has 0 heterocycles. The summed E-state index contributed by atoms with van der Waals surface area (Å²) in [4.78, 5) is 39.9. The number of likely N-dealkylation sites (N-methyl/N-ethyl adjacent to an activating group) is 1. The van der Waals surface area contributed by atoms with Gasteiger partial charge in [-0.15, -0.1) is 0 Å². The smallest absolute Gasteiger partial charge is 0.306 e. The Morgan fingerprint density at radius 3 is 1.33 bits per heavy atom. The van der Waals surface area contributed by atoms with E-state index in [2.05, 4.69) is 135 Å². The van der Waals surface area contributed by atoms with Crippen LogP contribution in [0.25, 0.3) is 0 Å². The van der Waals surface area contributed by atoms with Gasteiger partial charge in [0.25, 0.3) is 7.82 Å². The molecule has 1 amide bonds. The molecule has 0 radical (unpaired) electrons. The van der Waals surface area contributed by atoms with E-state index in [0.29, 0.717) is 23.9 Å². The molecule has 9 nitrogen and oxygen atoms in total. The lowest BCUT2D eigenvalue weighted by molar-refractivity contribution is -0.870.